The maximum atomic E-state index is 12.1. The van der Waals surface area contributed by atoms with E-state index in [0.717, 1.165) is 19.6 Å². The quantitative estimate of drug-likeness (QED) is 0.835. The van der Waals surface area contributed by atoms with Crippen LogP contribution in [0.25, 0.3) is 0 Å². The van der Waals surface area contributed by atoms with Crippen molar-refractivity contribution in [2.45, 2.75) is 19.8 Å². The molecule has 1 heterocycles. The van der Waals surface area contributed by atoms with Crippen molar-refractivity contribution in [2.24, 2.45) is 11.8 Å². The molecule has 1 aliphatic heterocycles. The molecule has 0 aromatic carbocycles. The maximum absolute atomic E-state index is 12.1. The van der Waals surface area contributed by atoms with Crippen LogP contribution in [0, 0.1) is 11.8 Å². The van der Waals surface area contributed by atoms with Gasteiger partial charge in [0.15, 0.2) is 0 Å². The van der Waals surface area contributed by atoms with Crippen molar-refractivity contribution in [2.75, 3.05) is 47.3 Å². The molecule has 1 amide bonds. The molecule has 0 spiro atoms. The first kappa shape index (κ1) is 21.3. The summed E-state index contributed by atoms with van der Waals surface area (Å²) < 4.78 is 0. The van der Waals surface area contributed by atoms with Gasteiger partial charge >= 0.3 is 0 Å². The van der Waals surface area contributed by atoms with Crippen molar-refractivity contribution >= 4 is 30.7 Å². The van der Waals surface area contributed by atoms with Gasteiger partial charge in [-0.05, 0) is 39.4 Å². The number of piperidine rings is 1. The predicted octanol–water partition coefficient (Wildman–Crippen LogP) is 1.49. The van der Waals surface area contributed by atoms with Crippen molar-refractivity contribution in [3.8, 4) is 0 Å². The highest BCUT2D eigenvalue weighted by molar-refractivity contribution is 5.85. The average Bonchev–Trinajstić information content (AvgIpc) is 2.28. The highest BCUT2D eigenvalue weighted by atomic mass is 35.5. The lowest BCUT2D eigenvalue weighted by Crippen LogP contribution is -2.42. The molecule has 0 aliphatic carbocycles. The first-order valence-corrected chi connectivity index (χ1v) is 6.62. The number of halogens is 2. The summed E-state index contributed by atoms with van der Waals surface area (Å²) in [4.78, 5) is 16.3. The van der Waals surface area contributed by atoms with Gasteiger partial charge in [-0.2, -0.15) is 0 Å². The van der Waals surface area contributed by atoms with E-state index in [-0.39, 0.29) is 36.6 Å². The van der Waals surface area contributed by atoms with E-state index in [9.17, 15) is 4.79 Å². The van der Waals surface area contributed by atoms with Gasteiger partial charge in [-0.15, -0.1) is 24.8 Å². The third-order valence-electron chi connectivity index (χ3n) is 3.56. The molecule has 1 fully saturated rings. The fourth-order valence-corrected chi connectivity index (χ4v) is 2.67. The number of rotatable bonds is 5. The predicted molar refractivity (Wildman–Crippen MR) is 85.4 cm³/mol. The highest BCUT2D eigenvalue weighted by Crippen LogP contribution is 2.16. The Morgan fingerprint density at radius 1 is 1.47 bits per heavy atom. The van der Waals surface area contributed by atoms with Gasteiger partial charge in [-0.3, -0.25) is 4.79 Å². The molecule has 1 rings (SSSR count). The SMILES string of the molecule is CNCC(C)C(=O)N(C)CC1CCCN(C)C1.Cl.Cl. The summed E-state index contributed by atoms with van der Waals surface area (Å²) in [5.74, 6) is 0.975. The van der Waals surface area contributed by atoms with Gasteiger partial charge in [0.2, 0.25) is 5.91 Å². The van der Waals surface area contributed by atoms with E-state index in [4.69, 9.17) is 0 Å². The number of hydrogen-bond donors (Lipinski definition) is 1. The Bertz CT molecular complexity index is 254. The summed E-state index contributed by atoms with van der Waals surface area (Å²) in [5, 5.41) is 3.06. The topological polar surface area (TPSA) is 35.6 Å². The number of carbonyl (C=O) groups is 1. The van der Waals surface area contributed by atoms with Gasteiger partial charge in [0, 0.05) is 32.6 Å². The molecule has 0 saturated carbocycles. The minimum absolute atomic E-state index is 0. The number of hydrogen-bond acceptors (Lipinski definition) is 3. The van der Waals surface area contributed by atoms with Crippen molar-refractivity contribution in [3.63, 3.8) is 0 Å². The lowest BCUT2D eigenvalue weighted by atomic mass is 9.97. The van der Waals surface area contributed by atoms with Crippen molar-refractivity contribution in [1.82, 2.24) is 15.1 Å². The first-order chi connectivity index (χ1) is 8.04. The van der Waals surface area contributed by atoms with Crippen LogP contribution in [0.4, 0.5) is 0 Å². The summed E-state index contributed by atoms with van der Waals surface area (Å²) in [6.07, 6.45) is 2.51. The Balaban J connectivity index is 0. The molecule has 0 radical (unpaired) electrons. The molecule has 1 saturated heterocycles. The van der Waals surface area contributed by atoms with Crippen LogP contribution < -0.4 is 5.32 Å². The van der Waals surface area contributed by atoms with Gasteiger partial charge < -0.3 is 15.1 Å². The number of nitrogens with one attached hydrogen (secondary N) is 1. The third kappa shape index (κ3) is 7.35. The van der Waals surface area contributed by atoms with Gasteiger partial charge in [0.25, 0.3) is 0 Å². The molecule has 4 nitrogen and oxygen atoms in total. The van der Waals surface area contributed by atoms with E-state index in [0.29, 0.717) is 5.92 Å². The second-order valence-electron chi connectivity index (χ2n) is 5.45. The van der Waals surface area contributed by atoms with E-state index in [2.05, 4.69) is 17.3 Å². The highest BCUT2D eigenvalue weighted by Gasteiger charge is 2.22. The largest absolute Gasteiger partial charge is 0.345 e. The van der Waals surface area contributed by atoms with Gasteiger partial charge in [-0.25, -0.2) is 0 Å². The third-order valence-corrected chi connectivity index (χ3v) is 3.56. The lowest BCUT2D eigenvalue weighted by molar-refractivity contribution is -0.134. The molecule has 0 aromatic rings. The summed E-state index contributed by atoms with van der Waals surface area (Å²) in [6, 6.07) is 0. The molecule has 1 N–H and O–H groups in total. The molecule has 6 heteroatoms. The van der Waals surface area contributed by atoms with Crippen molar-refractivity contribution < 1.29 is 4.79 Å². The Kier molecular flexibility index (Phi) is 12.0. The van der Waals surface area contributed by atoms with Crippen LogP contribution in [0.2, 0.25) is 0 Å². The molecular weight excluding hydrogens is 285 g/mol. The van der Waals surface area contributed by atoms with Crippen LogP contribution in [0.15, 0.2) is 0 Å². The summed E-state index contributed by atoms with van der Waals surface area (Å²) in [5.41, 5.74) is 0. The number of amides is 1. The second kappa shape index (κ2) is 10.7. The molecule has 0 aromatic heterocycles. The van der Waals surface area contributed by atoms with E-state index in [1.54, 1.807) is 0 Å². The Morgan fingerprint density at radius 3 is 2.63 bits per heavy atom. The smallest absolute Gasteiger partial charge is 0.226 e. The van der Waals surface area contributed by atoms with E-state index in [1.807, 2.05) is 25.9 Å². The number of carbonyl (C=O) groups excluding carboxylic acids is 1. The molecule has 19 heavy (non-hydrogen) atoms. The van der Waals surface area contributed by atoms with E-state index >= 15 is 0 Å². The molecule has 116 valence electrons. The second-order valence-corrected chi connectivity index (χ2v) is 5.45. The van der Waals surface area contributed by atoms with Crippen LogP contribution in [0.1, 0.15) is 19.8 Å². The van der Waals surface area contributed by atoms with Crippen LogP contribution in [-0.4, -0.2) is 63.0 Å². The summed E-state index contributed by atoms with van der Waals surface area (Å²) >= 11 is 0. The molecule has 0 bridgehead atoms. The zero-order chi connectivity index (χ0) is 12.8. The monoisotopic (exact) mass is 313 g/mol. The maximum Gasteiger partial charge on any atom is 0.226 e. The van der Waals surface area contributed by atoms with E-state index < -0.39 is 0 Å². The first-order valence-electron chi connectivity index (χ1n) is 6.62. The minimum Gasteiger partial charge on any atom is -0.345 e. The van der Waals surface area contributed by atoms with Crippen LogP contribution >= 0.6 is 24.8 Å². The molecule has 2 atom stereocenters. The van der Waals surface area contributed by atoms with Gasteiger partial charge in [0.1, 0.15) is 0 Å². The summed E-state index contributed by atoms with van der Waals surface area (Å²) in [6.45, 7) is 5.97. The Labute approximate surface area is 130 Å². The summed E-state index contributed by atoms with van der Waals surface area (Å²) in [7, 11) is 5.99. The normalized spacial score (nSPS) is 20.9. The fraction of sp³-hybridized carbons (Fsp3) is 0.923. The zero-order valence-electron chi connectivity index (χ0n) is 12.5. The zero-order valence-corrected chi connectivity index (χ0v) is 14.1. The lowest BCUT2D eigenvalue weighted by Gasteiger charge is -2.33. The molecule has 1 aliphatic rings. The standard InChI is InChI=1S/C13H27N3O.2ClH/c1-11(8-14-2)13(17)16(4)10-12-6-5-7-15(3)9-12;;/h11-12,14H,5-10H2,1-4H3;2*1H. The van der Waals surface area contributed by atoms with Gasteiger partial charge in [0.05, 0.1) is 0 Å². The molecular formula is C13H29Cl2N3O. The Hall–Kier alpha value is -0.0300. The van der Waals surface area contributed by atoms with E-state index in [1.165, 1.54) is 19.4 Å². The molecule has 2 unspecified atom stereocenters. The minimum atomic E-state index is 0. The van der Waals surface area contributed by atoms with Crippen LogP contribution in [-0.2, 0) is 4.79 Å². The average molecular weight is 314 g/mol. The van der Waals surface area contributed by atoms with Crippen molar-refractivity contribution in [1.29, 1.82) is 0 Å². The fourth-order valence-electron chi connectivity index (χ4n) is 2.67. The van der Waals surface area contributed by atoms with Crippen molar-refractivity contribution in [3.05, 3.63) is 0 Å². The number of nitrogens with zero attached hydrogens (tertiary/aromatic N) is 2. The Morgan fingerprint density at radius 2 is 2.11 bits per heavy atom. The van der Waals surface area contributed by atoms with Crippen LogP contribution in [0.3, 0.4) is 0 Å². The number of likely N-dealkylation sites (tertiary alicyclic amines) is 1. The van der Waals surface area contributed by atoms with Crippen LogP contribution in [0.5, 0.6) is 0 Å². The van der Waals surface area contributed by atoms with Gasteiger partial charge in [-0.1, -0.05) is 6.92 Å².